The predicted octanol–water partition coefficient (Wildman–Crippen LogP) is -0.427. The van der Waals surface area contributed by atoms with Crippen molar-refractivity contribution in [1.82, 2.24) is 0 Å². The van der Waals surface area contributed by atoms with Crippen molar-refractivity contribution < 1.29 is 24.2 Å². The number of nitrogens with two attached hydrogens (primary N) is 2. The van der Waals surface area contributed by atoms with Crippen LogP contribution >= 0.6 is 0 Å². The highest BCUT2D eigenvalue weighted by Crippen LogP contribution is 2.31. The van der Waals surface area contributed by atoms with Crippen LogP contribution in [0, 0.1) is 0 Å². The number of carbonyl (C=O) groups is 3. The van der Waals surface area contributed by atoms with Crippen molar-refractivity contribution >= 4 is 34.9 Å². The molecule has 33 heavy (non-hydrogen) atoms. The number of primary amides is 1. The Morgan fingerprint density at radius 1 is 1.09 bits per heavy atom. The van der Waals surface area contributed by atoms with Gasteiger partial charge in [0.25, 0.3) is 5.91 Å². The SMILES string of the molecule is NC(=O)[C@H](O)[C@H]1OCCN(c2ccc3c(c2)CC(=O)N(c2ccc4c(c2)CN=C4N)C3)C1=O. The van der Waals surface area contributed by atoms with Crippen molar-refractivity contribution in [1.29, 1.82) is 0 Å². The van der Waals surface area contributed by atoms with Crippen LogP contribution in [0.5, 0.6) is 0 Å². The maximum absolute atomic E-state index is 13.0. The number of ether oxygens (including phenoxy) is 1. The normalized spacial score (nSPS) is 20.9. The minimum atomic E-state index is -1.72. The predicted molar refractivity (Wildman–Crippen MR) is 120 cm³/mol. The average Bonchev–Trinajstić information content (AvgIpc) is 3.18. The Balaban J connectivity index is 1.38. The summed E-state index contributed by atoms with van der Waals surface area (Å²) in [6.07, 6.45) is -2.88. The van der Waals surface area contributed by atoms with Crippen LogP contribution in [0.2, 0.25) is 0 Å². The number of hydrogen-bond acceptors (Lipinski definition) is 7. The molecule has 0 bridgehead atoms. The fourth-order valence-electron chi connectivity index (χ4n) is 4.47. The molecule has 1 saturated heterocycles. The van der Waals surface area contributed by atoms with Crippen molar-refractivity contribution in [3.05, 3.63) is 58.7 Å². The number of rotatable bonds is 4. The molecule has 2 aromatic carbocycles. The van der Waals surface area contributed by atoms with E-state index in [2.05, 4.69) is 4.99 Å². The Morgan fingerprint density at radius 2 is 1.82 bits per heavy atom. The molecule has 0 aromatic heterocycles. The van der Waals surface area contributed by atoms with Crippen LogP contribution < -0.4 is 21.3 Å². The highest BCUT2D eigenvalue weighted by atomic mass is 16.5. The number of nitrogens with zero attached hydrogens (tertiary/aromatic N) is 3. The number of amidine groups is 1. The minimum Gasteiger partial charge on any atom is -0.383 e. The highest BCUT2D eigenvalue weighted by molar-refractivity contribution is 6.03. The van der Waals surface area contributed by atoms with Gasteiger partial charge in [0.1, 0.15) is 5.84 Å². The number of carbonyl (C=O) groups excluding carboxylic acids is 3. The number of anilines is 2. The van der Waals surface area contributed by atoms with Crippen LogP contribution in [0.1, 0.15) is 22.3 Å². The van der Waals surface area contributed by atoms with Crippen LogP contribution in [-0.4, -0.2) is 54.0 Å². The zero-order valence-corrected chi connectivity index (χ0v) is 17.7. The molecule has 0 saturated carbocycles. The summed E-state index contributed by atoms with van der Waals surface area (Å²) in [4.78, 5) is 44.5. The van der Waals surface area contributed by atoms with Gasteiger partial charge in [0.2, 0.25) is 11.8 Å². The Bertz CT molecular complexity index is 1210. The molecule has 10 heteroatoms. The van der Waals surface area contributed by atoms with Gasteiger partial charge in [-0.05, 0) is 47.0 Å². The molecule has 10 nitrogen and oxygen atoms in total. The third-order valence-corrected chi connectivity index (χ3v) is 6.27. The van der Waals surface area contributed by atoms with E-state index in [1.165, 1.54) is 4.90 Å². The quantitative estimate of drug-likeness (QED) is 0.576. The number of aliphatic hydroxyl groups is 1. The second-order valence-electron chi connectivity index (χ2n) is 8.28. The lowest BCUT2D eigenvalue weighted by molar-refractivity contribution is -0.151. The number of aliphatic imine (C=N–C) groups is 1. The van der Waals surface area contributed by atoms with Gasteiger partial charge < -0.3 is 31.1 Å². The van der Waals surface area contributed by atoms with E-state index in [0.29, 0.717) is 24.6 Å². The molecule has 5 rings (SSSR count). The maximum Gasteiger partial charge on any atom is 0.259 e. The molecule has 2 aromatic rings. The lowest BCUT2D eigenvalue weighted by atomic mass is 9.96. The molecule has 0 radical (unpaired) electrons. The zero-order chi connectivity index (χ0) is 23.3. The second kappa shape index (κ2) is 7.98. The number of hydrogen-bond donors (Lipinski definition) is 3. The Morgan fingerprint density at radius 3 is 2.61 bits per heavy atom. The number of morpholine rings is 1. The number of aliphatic hydroxyl groups excluding tert-OH is 1. The van der Waals surface area contributed by atoms with Gasteiger partial charge in [0.05, 0.1) is 26.1 Å². The summed E-state index contributed by atoms with van der Waals surface area (Å²) < 4.78 is 5.28. The summed E-state index contributed by atoms with van der Waals surface area (Å²) in [6, 6.07) is 11.2. The first-order chi connectivity index (χ1) is 15.8. The molecule has 5 N–H and O–H groups in total. The summed E-state index contributed by atoms with van der Waals surface area (Å²) in [7, 11) is 0. The van der Waals surface area contributed by atoms with E-state index >= 15 is 0 Å². The van der Waals surface area contributed by atoms with E-state index in [4.69, 9.17) is 16.2 Å². The van der Waals surface area contributed by atoms with Gasteiger partial charge in [0, 0.05) is 23.5 Å². The van der Waals surface area contributed by atoms with E-state index in [0.717, 1.165) is 27.9 Å². The molecule has 1 fully saturated rings. The van der Waals surface area contributed by atoms with Crippen LogP contribution in [0.25, 0.3) is 0 Å². The van der Waals surface area contributed by atoms with E-state index in [1.807, 2.05) is 24.3 Å². The minimum absolute atomic E-state index is 0.0539. The van der Waals surface area contributed by atoms with Gasteiger partial charge in [-0.2, -0.15) is 0 Å². The second-order valence-corrected chi connectivity index (χ2v) is 8.28. The van der Waals surface area contributed by atoms with E-state index in [9.17, 15) is 19.5 Å². The van der Waals surface area contributed by atoms with Crippen molar-refractivity contribution in [3.63, 3.8) is 0 Å². The van der Waals surface area contributed by atoms with Gasteiger partial charge in [0.15, 0.2) is 12.2 Å². The molecular formula is C23H23N5O5. The highest BCUT2D eigenvalue weighted by Gasteiger charge is 2.38. The third-order valence-electron chi connectivity index (χ3n) is 6.27. The summed E-state index contributed by atoms with van der Waals surface area (Å²) in [5, 5.41) is 9.91. The van der Waals surface area contributed by atoms with Crippen molar-refractivity contribution in [2.75, 3.05) is 23.0 Å². The first-order valence-corrected chi connectivity index (χ1v) is 10.6. The molecule has 0 unspecified atom stereocenters. The standard InChI is InChI=1S/C23H23N5O5/c24-21-17-4-3-16(8-14(17)10-26-21)28-11-12-1-2-15(7-13(12)9-18(28)29)27-5-6-33-20(23(27)32)19(30)22(25)31/h1-4,7-8,19-20,30H,5-6,9-11H2,(H2,24,26)(H2,25,31)/t19-,20-/m1/s1. The lowest BCUT2D eigenvalue weighted by Crippen LogP contribution is -2.55. The third kappa shape index (κ3) is 3.62. The Kier molecular flexibility index (Phi) is 5.10. The van der Waals surface area contributed by atoms with Crippen LogP contribution in [0.4, 0.5) is 11.4 Å². The Labute approximate surface area is 189 Å². The van der Waals surface area contributed by atoms with Gasteiger partial charge in [-0.3, -0.25) is 19.4 Å². The topological polar surface area (TPSA) is 152 Å². The summed E-state index contributed by atoms with van der Waals surface area (Å²) in [6.45, 7) is 1.33. The first-order valence-electron chi connectivity index (χ1n) is 10.6. The van der Waals surface area contributed by atoms with E-state index in [-0.39, 0.29) is 25.5 Å². The van der Waals surface area contributed by atoms with E-state index < -0.39 is 24.0 Å². The fourth-order valence-corrected chi connectivity index (χ4v) is 4.47. The molecule has 2 atom stereocenters. The summed E-state index contributed by atoms with van der Waals surface area (Å²) in [5.41, 5.74) is 16.1. The number of fused-ring (bicyclic) bond motifs is 2. The van der Waals surface area contributed by atoms with Gasteiger partial charge in [-0.15, -0.1) is 0 Å². The van der Waals surface area contributed by atoms with Crippen molar-refractivity contribution in [3.8, 4) is 0 Å². The average molecular weight is 449 g/mol. The van der Waals surface area contributed by atoms with Crippen LogP contribution in [0.3, 0.4) is 0 Å². The summed E-state index contributed by atoms with van der Waals surface area (Å²) in [5.74, 6) is -1.10. The van der Waals surface area contributed by atoms with Crippen LogP contribution in [-0.2, 0) is 38.6 Å². The molecule has 3 aliphatic rings. The molecule has 3 heterocycles. The maximum atomic E-state index is 13.0. The molecular weight excluding hydrogens is 426 g/mol. The van der Waals surface area contributed by atoms with Crippen LogP contribution in [0.15, 0.2) is 41.4 Å². The monoisotopic (exact) mass is 449 g/mol. The van der Waals surface area contributed by atoms with Gasteiger partial charge in [-0.1, -0.05) is 6.07 Å². The smallest absolute Gasteiger partial charge is 0.259 e. The van der Waals surface area contributed by atoms with Crippen molar-refractivity contribution in [2.45, 2.75) is 31.7 Å². The summed E-state index contributed by atoms with van der Waals surface area (Å²) >= 11 is 0. The Hall–Kier alpha value is -3.76. The van der Waals surface area contributed by atoms with Crippen molar-refractivity contribution in [2.24, 2.45) is 16.5 Å². The molecule has 0 spiro atoms. The largest absolute Gasteiger partial charge is 0.383 e. The van der Waals surface area contributed by atoms with Gasteiger partial charge in [-0.25, -0.2) is 0 Å². The lowest BCUT2D eigenvalue weighted by Gasteiger charge is -2.35. The number of benzene rings is 2. The molecule has 170 valence electrons. The molecule has 0 aliphatic carbocycles. The first kappa shape index (κ1) is 21.1. The zero-order valence-electron chi connectivity index (χ0n) is 17.7. The molecule has 3 amide bonds. The van der Waals surface area contributed by atoms with Gasteiger partial charge >= 0.3 is 0 Å². The number of amides is 3. The molecule has 3 aliphatic heterocycles. The fraction of sp³-hybridized carbons (Fsp3) is 0.304. The van der Waals surface area contributed by atoms with E-state index in [1.54, 1.807) is 17.0 Å².